The smallest absolute Gasteiger partial charge is 0.277 e. The van der Waals surface area contributed by atoms with Crippen molar-refractivity contribution in [3.8, 4) is 0 Å². The molecular weight excluding hydrogens is 418 g/mol. The van der Waals surface area contributed by atoms with Crippen LogP contribution in [0.4, 0.5) is 0 Å². The summed E-state index contributed by atoms with van der Waals surface area (Å²) in [5.41, 5.74) is 3.44. The second kappa shape index (κ2) is 11.3. The van der Waals surface area contributed by atoms with E-state index in [0.717, 1.165) is 17.5 Å². The van der Waals surface area contributed by atoms with Crippen LogP contribution in [0.25, 0.3) is 0 Å². The van der Waals surface area contributed by atoms with Crippen LogP contribution in [0.15, 0.2) is 101 Å². The van der Waals surface area contributed by atoms with Crippen molar-refractivity contribution in [2.24, 2.45) is 0 Å². The summed E-state index contributed by atoms with van der Waals surface area (Å²) in [7, 11) is 0. The van der Waals surface area contributed by atoms with Crippen LogP contribution >= 0.6 is 11.8 Å². The molecule has 32 heavy (non-hydrogen) atoms. The van der Waals surface area contributed by atoms with Gasteiger partial charge in [-0.2, -0.15) is 0 Å². The third-order valence-corrected chi connectivity index (χ3v) is 5.85. The lowest BCUT2D eigenvalue weighted by Crippen LogP contribution is -2.33. The number of benzene rings is 3. The van der Waals surface area contributed by atoms with Crippen molar-refractivity contribution in [2.75, 3.05) is 12.3 Å². The maximum absolute atomic E-state index is 13.1. The van der Waals surface area contributed by atoms with E-state index >= 15 is 0 Å². The lowest BCUT2D eigenvalue weighted by Gasteiger charge is -2.22. The molecule has 0 bridgehead atoms. The molecule has 0 radical (unpaired) electrons. The summed E-state index contributed by atoms with van der Waals surface area (Å²) in [5, 5.41) is 8.64. The van der Waals surface area contributed by atoms with Crippen molar-refractivity contribution in [3.05, 3.63) is 114 Å². The Kier molecular flexibility index (Phi) is 7.71. The van der Waals surface area contributed by atoms with Crippen molar-refractivity contribution >= 4 is 17.7 Å². The standard InChI is InChI=1S/C26H25N3O2S/c30-25(20-32-26-28-27-24(31-26)18-22-12-6-2-7-13-22)29(19-23-14-8-3-9-15-23)17-16-21-10-4-1-5-11-21/h1-15H,16-20H2. The lowest BCUT2D eigenvalue weighted by molar-refractivity contribution is -0.128. The van der Waals surface area contributed by atoms with E-state index in [2.05, 4.69) is 22.3 Å². The van der Waals surface area contributed by atoms with Gasteiger partial charge < -0.3 is 9.32 Å². The molecule has 3 aromatic carbocycles. The number of nitrogens with zero attached hydrogens (tertiary/aromatic N) is 3. The molecule has 0 saturated carbocycles. The van der Waals surface area contributed by atoms with Gasteiger partial charge in [-0.05, 0) is 23.1 Å². The largest absolute Gasteiger partial charge is 0.416 e. The molecule has 6 heteroatoms. The number of hydrogen-bond acceptors (Lipinski definition) is 5. The highest BCUT2D eigenvalue weighted by Gasteiger charge is 2.17. The summed E-state index contributed by atoms with van der Waals surface area (Å²) >= 11 is 1.29. The molecule has 162 valence electrons. The minimum absolute atomic E-state index is 0.0533. The molecule has 0 spiro atoms. The number of carbonyl (C=O) groups is 1. The zero-order chi connectivity index (χ0) is 22.0. The molecule has 5 nitrogen and oxygen atoms in total. The van der Waals surface area contributed by atoms with Crippen LogP contribution in [0.3, 0.4) is 0 Å². The minimum atomic E-state index is 0.0533. The van der Waals surface area contributed by atoms with Crippen molar-refractivity contribution in [3.63, 3.8) is 0 Å². The Morgan fingerprint density at radius 1 is 0.781 bits per heavy atom. The predicted molar refractivity (Wildman–Crippen MR) is 126 cm³/mol. The van der Waals surface area contributed by atoms with E-state index in [4.69, 9.17) is 4.42 Å². The first-order chi connectivity index (χ1) is 15.8. The highest BCUT2D eigenvalue weighted by molar-refractivity contribution is 7.99. The first-order valence-electron chi connectivity index (χ1n) is 10.6. The topological polar surface area (TPSA) is 59.2 Å². The van der Waals surface area contributed by atoms with E-state index in [0.29, 0.717) is 30.6 Å². The highest BCUT2D eigenvalue weighted by atomic mass is 32.2. The van der Waals surface area contributed by atoms with Crippen molar-refractivity contribution in [2.45, 2.75) is 24.6 Å². The minimum Gasteiger partial charge on any atom is -0.416 e. The van der Waals surface area contributed by atoms with Crippen LogP contribution in [0.1, 0.15) is 22.6 Å². The average molecular weight is 444 g/mol. The Hall–Kier alpha value is -3.38. The third-order valence-electron chi connectivity index (χ3n) is 5.05. The van der Waals surface area contributed by atoms with Crippen molar-refractivity contribution in [1.29, 1.82) is 0 Å². The predicted octanol–water partition coefficient (Wildman–Crippen LogP) is 5.02. The first kappa shape index (κ1) is 21.8. The highest BCUT2D eigenvalue weighted by Crippen LogP contribution is 2.19. The molecule has 4 rings (SSSR count). The number of rotatable bonds is 10. The molecule has 0 fully saturated rings. The Bertz CT molecular complexity index is 1100. The summed E-state index contributed by atoms with van der Waals surface area (Å²) in [4.78, 5) is 15.0. The van der Waals surface area contributed by atoms with Gasteiger partial charge in [0.1, 0.15) is 0 Å². The number of hydrogen-bond donors (Lipinski definition) is 0. The molecule has 0 aliphatic carbocycles. The molecule has 1 heterocycles. The van der Waals surface area contributed by atoms with Crippen LogP contribution in [0, 0.1) is 0 Å². The Morgan fingerprint density at radius 2 is 1.38 bits per heavy atom. The van der Waals surface area contributed by atoms with E-state index < -0.39 is 0 Å². The molecule has 1 aromatic heterocycles. The van der Waals surface area contributed by atoms with Gasteiger partial charge in [-0.1, -0.05) is 103 Å². The molecule has 0 atom stereocenters. The van der Waals surface area contributed by atoms with Gasteiger partial charge in [0.05, 0.1) is 12.2 Å². The number of thioether (sulfide) groups is 1. The summed E-state index contributed by atoms with van der Waals surface area (Å²) in [6, 6.07) is 30.3. The SMILES string of the molecule is O=C(CSc1nnc(Cc2ccccc2)o1)N(CCc1ccccc1)Cc1ccccc1. The molecule has 0 saturated heterocycles. The van der Waals surface area contributed by atoms with Gasteiger partial charge >= 0.3 is 0 Å². The maximum Gasteiger partial charge on any atom is 0.277 e. The van der Waals surface area contributed by atoms with E-state index in [1.54, 1.807) is 0 Å². The van der Waals surface area contributed by atoms with E-state index in [1.807, 2.05) is 83.8 Å². The van der Waals surface area contributed by atoms with Gasteiger partial charge in [-0.25, -0.2) is 0 Å². The van der Waals surface area contributed by atoms with Crippen LogP contribution < -0.4 is 0 Å². The fourth-order valence-corrected chi connectivity index (χ4v) is 4.04. The van der Waals surface area contributed by atoms with Crippen LogP contribution in [-0.2, 0) is 24.2 Å². The Morgan fingerprint density at radius 3 is 2.03 bits per heavy atom. The normalized spacial score (nSPS) is 10.8. The molecule has 0 aliphatic rings. The Labute approximate surface area is 192 Å². The summed E-state index contributed by atoms with van der Waals surface area (Å²) in [5.74, 6) is 0.864. The molecule has 0 N–H and O–H groups in total. The fraction of sp³-hybridized carbons (Fsp3) is 0.192. The molecule has 0 unspecified atom stereocenters. The molecule has 0 aliphatic heterocycles. The van der Waals surface area contributed by atoms with Gasteiger partial charge in [-0.15, -0.1) is 10.2 Å². The molecule has 4 aromatic rings. The number of aromatic nitrogens is 2. The van der Waals surface area contributed by atoms with Crippen LogP contribution in [0.2, 0.25) is 0 Å². The summed E-state index contributed by atoms with van der Waals surface area (Å²) < 4.78 is 5.74. The van der Waals surface area contributed by atoms with Gasteiger partial charge in [0, 0.05) is 13.1 Å². The fourth-order valence-electron chi connectivity index (χ4n) is 3.36. The zero-order valence-electron chi connectivity index (χ0n) is 17.8. The first-order valence-corrected chi connectivity index (χ1v) is 11.6. The second-order valence-corrected chi connectivity index (χ2v) is 8.38. The van der Waals surface area contributed by atoms with Crippen LogP contribution in [0.5, 0.6) is 0 Å². The summed E-state index contributed by atoms with van der Waals surface area (Å²) in [6.07, 6.45) is 1.39. The van der Waals surface area contributed by atoms with E-state index in [-0.39, 0.29) is 11.7 Å². The maximum atomic E-state index is 13.1. The lowest BCUT2D eigenvalue weighted by atomic mass is 10.1. The van der Waals surface area contributed by atoms with Gasteiger partial charge in [0.2, 0.25) is 11.8 Å². The van der Waals surface area contributed by atoms with E-state index in [1.165, 1.54) is 17.3 Å². The van der Waals surface area contributed by atoms with E-state index in [9.17, 15) is 4.79 Å². The quantitative estimate of drug-likeness (QED) is 0.322. The summed E-state index contributed by atoms with van der Waals surface area (Å²) in [6.45, 7) is 1.23. The van der Waals surface area contributed by atoms with Crippen LogP contribution in [-0.4, -0.2) is 33.3 Å². The Balaban J connectivity index is 1.36. The van der Waals surface area contributed by atoms with Gasteiger partial charge in [0.15, 0.2) is 0 Å². The van der Waals surface area contributed by atoms with Crippen molar-refractivity contribution < 1.29 is 9.21 Å². The third kappa shape index (κ3) is 6.56. The van der Waals surface area contributed by atoms with Crippen molar-refractivity contribution in [1.82, 2.24) is 15.1 Å². The molecule has 1 amide bonds. The number of amides is 1. The number of carbonyl (C=O) groups excluding carboxylic acids is 1. The monoisotopic (exact) mass is 443 g/mol. The zero-order valence-corrected chi connectivity index (χ0v) is 18.6. The molecular formula is C26H25N3O2S. The van der Waals surface area contributed by atoms with Gasteiger partial charge in [0.25, 0.3) is 5.22 Å². The average Bonchev–Trinajstić information content (AvgIpc) is 3.29. The van der Waals surface area contributed by atoms with Gasteiger partial charge in [-0.3, -0.25) is 4.79 Å². The second-order valence-electron chi connectivity index (χ2n) is 7.45.